The van der Waals surface area contributed by atoms with Crippen molar-refractivity contribution < 1.29 is 0 Å². The van der Waals surface area contributed by atoms with Crippen molar-refractivity contribution in [3.05, 3.63) is 0 Å². The van der Waals surface area contributed by atoms with Crippen LogP contribution in [0.4, 0.5) is 0 Å². The van der Waals surface area contributed by atoms with Crippen LogP contribution < -0.4 is 5.73 Å². The van der Waals surface area contributed by atoms with Crippen LogP contribution in [-0.4, -0.2) is 17.4 Å². The summed E-state index contributed by atoms with van der Waals surface area (Å²) in [6.45, 7) is 2.83. The van der Waals surface area contributed by atoms with Gasteiger partial charge >= 0.3 is 0 Å². The molecule has 0 spiro atoms. The normalized spacial score (nSPS) is 10.0. The fourth-order valence-corrected chi connectivity index (χ4v) is 1.98. The molecule has 0 bridgehead atoms. The minimum absolute atomic E-state index is 0.145. The smallest absolute Gasteiger partial charge is 0.201 e. The molecule has 0 aromatic rings. The van der Waals surface area contributed by atoms with E-state index in [4.69, 9.17) is 16.4 Å². The summed E-state index contributed by atoms with van der Waals surface area (Å²) in [5.74, 6) is -0.145. The van der Waals surface area contributed by atoms with E-state index in [-0.39, 0.29) is 5.96 Å². The molecule has 0 aromatic heterocycles. The lowest BCUT2D eigenvalue weighted by molar-refractivity contribution is 0.499. The van der Waals surface area contributed by atoms with Crippen LogP contribution in [-0.2, 0) is 0 Å². The average Bonchev–Trinajstić information content (AvgIpc) is 2.35. The minimum Gasteiger partial charge on any atom is -0.369 e. The highest BCUT2D eigenvalue weighted by molar-refractivity contribution is 5.76. The standard InChI is InChI=1S/C14H28N4/c1-2-3-4-5-6-7-8-9-10-11-12-18(13-15)14(16)17/h2-12H2,1H3,(H3,16,17). The number of guanidine groups is 1. The second kappa shape index (κ2) is 12.2. The van der Waals surface area contributed by atoms with Gasteiger partial charge < -0.3 is 5.73 Å². The van der Waals surface area contributed by atoms with E-state index in [2.05, 4.69) is 6.92 Å². The molecular weight excluding hydrogens is 224 g/mol. The fraction of sp³-hybridized carbons (Fsp3) is 0.857. The Morgan fingerprint density at radius 1 is 1.00 bits per heavy atom. The van der Waals surface area contributed by atoms with Crippen LogP contribution in [0.15, 0.2) is 0 Å². The first-order valence-electron chi connectivity index (χ1n) is 7.23. The second-order valence-corrected chi connectivity index (χ2v) is 4.82. The summed E-state index contributed by atoms with van der Waals surface area (Å²) in [6, 6.07) is 0. The summed E-state index contributed by atoms with van der Waals surface area (Å²) >= 11 is 0. The first-order valence-corrected chi connectivity index (χ1v) is 7.23. The van der Waals surface area contributed by atoms with Gasteiger partial charge in [0.1, 0.15) is 0 Å². The molecule has 0 aromatic carbocycles. The molecule has 0 saturated heterocycles. The van der Waals surface area contributed by atoms with Crippen LogP contribution in [0.3, 0.4) is 0 Å². The first-order chi connectivity index (χ1) is 8.72. The SMILES string of the molecule is CCCCCCCCCCCCN(C#N)C(=N)N. The van der Waals surface area contributed by atoms with Gasteiger partial charge in [0.15, 0.2) is 6.19 Å². The third-order valence-corrected chi connectivity index (χ3v) is 3.15. The van der Waals surface area contributed by atoms with Crippen molar-refractivity contribution in [2.24, 2.45) is 5.73 Å². The Balaban J connectivity index is 3.21. The Kier molecular flexibility index (Phi) is 11.4. The Hall–Kier alpha value is -1.24. The molecule has 4 nitrogen and oxygen atoms in total. The number of hydrogen-bond acceptors (Lipinski definition) is 2. The molecule has 0 aliphatic carbocycles. The van der Waals surface area contributed by atoms with Gasteiger partial charge in [0, 0.05) is 6.54 Å². The highest BCUT2D eigenvalue weighted by atomic mass is 15.2. The van der Waals surface area contributed by atoms with E-state index in [1.165, 1.54) is 56.3 Å². The van der Waals surface area contributed by atoms with Crippen molar-refractivity contribution >= 4 is 5.96 Å². The maximum Gasteiger partial charge on any atom is 0.201 e. The van der Waals surface area contributed by atoms with E-state index in [0.29, 0.717) is 6.54 Å². The Labute approximate surface area is 112 Å². The first kappa shape index (κ1) is 16.8. The molecular formula is C14H28N4. The zero-order chi connectivity index (χ0) is 13.6. The number of hydrogen-bond donors (Lipinski definition) is 2. The van der Waals surface area contributed by atoms with Gasteiger partial charge in [-0.2, -0.15) is 5.26 Å². The van der Waals surface area contributed by atoms with Crippen molar-refractivity contribution in [2.75, 3.05) is 6.54 Å². The lowest BCUT2D eigenvalue weighted by Crippen LogP contribution is -2.33. The van der Waals surface area contributed by atoms with Crippen molar-refractivity contribution in [1.29, 1.82) is 10.7 Å². The van der Waals surface area contributed by atoms with Crippen LogP contribution in [0.1, 0.15) is 71.1 Å². The fourth-order valence-electron chi connectivity index (χ4n) is 1.98. The molecule has 3 N–H and O–H groups in total. The van der Waals surface area contributed by atoms with Crippen molar-refractivity contribution in [3.63, 3.8) is 0 Å². The van der Waals surface area contributed by atoms with Gasteiger partial charge in [-0.1, -0.05) is 64.7 Å². The minimum atomic E-state index is -0.145. The summed E-state index contributed by atoms with van der Waals surface area (Å²) in [4.78, 5) is 1.24. The Bertz CT molecular complexity index is 245. The van der Waals surface area contributed by atoms with Crippen molar-refractivity contribution in [3.8, 4) is 6.19 Å². The molecule has 0 radical (unpaired) electrons. The molecule has 0 atom stereocenters. The molecule has 18 heavy (non-hydrogen) atoms. The molecule has 0 fully saturated rings. The van der Waals surface area contributed by atoms with E-state index in [1.54, 1.807) is 0 Å². The molecule has 4 heteroatoms. The molecule has 0 rings (SSSR count). The average molecular weight is 252 g/mol. The third kappa shape index (κ3) is 9.95. The number of nitrogens with two attached hydrogens (primary N) is 1. The van der Waals surface area contributed by atoms with Gasteiger partial charge in [-0.3, -0.25) is 5.41 Å². The molecule has 104 valence electrons. The molecule has 0 saturated carbocycles. The van der Waals surface area contributed by atoms with E-state index < -0.39 is 0 Å². The van der Waals surface area contributed by atoms with Crippen LogP contribution in [0.25, 0.3) is 0 Å². The molecule has 0 unspecified atom stereocenters. The zero-order valence-corrected chi connectivity index (χ0v) is 11.7. The largest absolute Gasteiger partial charge is 0.369 e. The van der Waals surface area contributed by atoms with Crippen LogP contribution in [0.2, 0.25) is 0 Å². The predicted octanol–water partition coefficient (Wildman–Crippen LogP) is 3.58. The highest BCUT2D eigenvalue weighted by Gasteiger charge is 2.03. The zero-order valence-electron chi connectivity index (χ0n) is 11.7. The van der Waals surface area contributed by atoms with E-state index in [0.717, 1.165) is 12.8 Å². The maximum absolute atomic E-state index is 8.70. The van der Waals surface area contributed by atoms with Gasteiger partial charge in [0.25, 0.3) is 0 Å². The van der Waals surface area contributed by atoms with Gasteiger partial charge in [-0.15, -0.1) is 0 Å². The summed E-state index contributed by atoms with van der Waals surface area (Å²) in [5.41, 5.74) is 5.25. The van der Waals surface area contributed by atoms with Crippen LogP contribution in [0.5, 0.6) is 0 Å². The van der Waals surface area contributed by atoms with E-state index in [9.17, 15) is 0 Å². The lowest BCUT2D eigenvalue weighted by Gasteiger charge is -2.12. The molecule has 0 aliphatic heterocycles. The topological polar surface area (TPSA) is 76.9 Å². The number of nitrogens with one attached hydrogen (secondary N) is 1. The maximum atomic E-state index is 8.70. The molecule has 0 heterocycles. The van der Waals surface area contributed by atoms with Crippen molar-refractivity contribution in [1.82, 2.24) is 4.90 Å². The van der Waals surface area contributed by atoms with Crippen LogP contribution in [0, 0.1) is 16.9 Å². The Morgan fingerprint density at radius 3 is 1.83 bits per heavy atom. The lowest BCUT2D eigenvalue weighted by atomic mass is 10.1. The second-order valence-electron chi connectivity index (χ2n) is 4.82. The number of nitriles is 1. The third-order valence-electron chi connectivity index (χ3n) is 3.15. The van der Waals surface area contributed by atoms with E-state index in [1.807, 2.05) is 6.19 Å². The van der Waals surface area contributed by atoms with Gasteiger partial charge in [0.2, 0.25) is 5.96 Å². The highest BCUT2D eigenvalue weighted by Crippen LogP contribution is 2.10. The monoisotopic (exact) mass is 252 g/mol. The molecule has 0 aliphatic rings. The predicted molar refractivity (Wildman–Crippen MR) is 76.1 cm³/mol. The quantitative estimate of drug-likeness (QED) is 0.194. The summed E-state index contributed by atoms with van der Waals surface area (Å²) < 4.78 is 0. The molecule has 0 amide bonds. The Morgan fingerprint density at radius 2 is 1.44 bits per heavy atom. The van der Waals surface area contributed by atoms with Crippen molar-refractivity contribution in [2.45, 2.75) is 71.1 Å². The van der Waals surface area contributed by atoms with Gasteiger partial charge in [0.05, 0.1) is 0 Å². The van der Waals surface area contributed by atoms with Gasteiger partial charge in [-0.05, 0) is 6.42 Å². The number of nitrogens with zero attached hydrogens (tertiary/aromatic N) is 2. The summed E-state index contributed by atoms with van der Waals surface area (Å²) in [5, 5.41) is 15.9. The summed E-state index contributed by atoms with van der Waals surface area (Å²) in [7, 11) is 0. The number of rotatable bonds is 11. The number of unbranched alkanes of at least 4 members (excludes halogenated alkanes) is 9. The van der Waals surface area contributed by atoms with Gasteiger partial charge in [-0.25, -0.2) is 4.90 Å². The van der Waals surface area contributed by atoms with Crippen LogP contribution >= 0.6 is 0 Å². The summed E-state index contributed by atoms with van der Waals surface area (Å²) in [6.07, 6.45) is 14.6. The van der Waals surface area contributed by atoms with E-state index >= 15 is 0 Å².